The van der Waals surface area contributed by atoms with Crippen LogP contribution in [0, 0.1) is 13.8 Å². The number of carboxylic acid groups (broad SMARTS) is 1. The second-order valence-corrected chi connectivity index (χ2v) is 4.48. The molecule has 1 atom stereocenters. The third-order valence-corrected chi connectivity index (χ3v) is 2.97. The van der Waals surface area contributed by atoms with Gasteiger partial charge in [0.2, 0.25) is 5.91 Å². The second kappa shape index (κ2) is 6.85. The first-order chi connectivity index (χ1) is 9.32. The third-order valence-electron chi connectivity index (χ3n) is 2.97. The fourth-order valence-corrected chi connectivity index (χ4v) is 1.70. The summed E-state index contributed by atoms with van der Waals surface area (Å²) in [6.07, 6.45) is 1.55. The smallest absolute Gasteiger partial charge is 0.332 e. The number of aromatic nitrogens is 2. The van der Waals surface area contributed by atoms with E-state index < -0.39 is 12.1 Å². The Bertz CT molecular complexity index is 534. The van der Waals surface area contributed by atoms with E-state index in [1.807, 2.05) is 20.9 Å². The molecule has 0 aromatic carbocycles. The Morgan fingerprint density at radius 2 is 2.10 bits per heavy atom. The Morgan fingerprint density at radius 1 is 1.45 bits per heavy atom. The molecule has 3 N–H and O–H groups in total. The van der Waals surface area contributed by atoms with Crippen molar-refractivity contribution in [2.24, 2.45) is 7.05 Å². The molecule has 7 nitrogen and oxygen atoms in total. The average molecular weight is 281 g/mol. The van der Waals surface area contributed by atoms with Crippen LogP contribution in [0.4, 0.5) is 0 Å². The van der Waals surface area contributed by atoms with Crippen LogP contribution in [-0.2, 0) is 16.6 Å². The van der Waals surface area contributed by atoms with Crippen LogP contribution in [0.25, 0.3) is 6.08 Å². The number of aryl methyl sites for hydroxylation is 2. The third kappa shape index (κ3) is 4.20. The Labute approximate surface area is 116 Å². The lowest BCUT2D eigenvalue weighted by atomic mass is 10.2. The zero-order valence-electron chi connectivity index (χ0n) is 11.8. The van der Waals surface area contributed by atoms with E-state index in [9.17, 15) is 9.59 Å². The summed E-state index contributed by atoms with van der Waals surface area (Å²) in [5.74, 6) is -1.64. The number of nitrogens with one attached hydrogen (secondary N) is 1. The standard InChI is InChI=1S/C13H19N3O4/c1-8-10(9(2)16(3)15-8)4-5-12(18)14-7-6-11(17)13(19)20/h4-5,11,17H,6-7H2,1-3H3,(H,14,18)(H,19,20)/b5-4+/t11-/m0/s1. The van der Waals surface area contributed by atoms with Gasteiger partial charge in [0.05, 0.1) is 5.69 Å². The van der Waals surface area contributed by atoms with Crippen LogP contribution in [0.3, 0.4) is 0 Å². The molecule has 1 heterocycles. The maximum Gasteiger partial charge on any atom is 0.332 e. The molecular weight excluding hydrogens is 262 g/mol. The Kier molecular flexibility index (Phi) is 5.45. The number of nitrogens with zero attached hydrogens (tertiary/aromatic N) is 2. The molecule has 1 rings (SSSR count). The Balaban J connectivity index is 2.50. The summed E-state index contributed by atoms with van der Waals surface area (Å²) in [6, 6.07) is 0. The Hall–Kier alpha value is -2.15. The number of carbonyl (C=O) groups is 2. The fourth-order valence-electron chi connectivity index (χ4n) is 1.70. The SMILES string of the molecule is Cc1nn(C)c(C)c1/C=C/C(=O)NCC[C@H](O)C(=O)O. The van der Waals surface area contributed by atoms with Crippen LogP contribution >= 0.6 is 0 Å². The van der Waals surface area contributed by atoms with E-state index in [1.54, 1.807) is 10.8 Å². The molecule has 0 saturated carbocycles. The van der Waals surface area contributed by atoms with Gasteiger partial charge in [0.15, 0.2) is 6.10 Å². The van der Waals surface area contributed by atoms with Gasteiger partial charge in [-0.3, -0.25) is 9.48 Å². The average Bonchev–Trinajstić information content (AvgIpc) is 2.61. The molecule has 7 heteroatoms. The molecule has 0 fully saturated rings. The normalized spacial score (nSPS) is 12.6. The first kappa shape index (κ1) is 15.9. The number of aliphatic hydroxyl groups is 1. The van der Waals surface area contributed by atoms with Crippen molar-refractivity contribution >= 4 is 18.0 Å². The van der Waals surface area contributed by atoms with E-state index in [0.717, 1.165) is 17.0 Å². The van der Waals surface area contributed by atoms with E-state index in [4.69, 9.17) is 10.2 Å². The summed E-state index contributed by atoms with van der Waals surface area (Å²) < 4.78 is 1.73. The molecular formula is C13H19N3O4. The van der Waals surface area contributed by atoms with Gasteiger partial charge in [-0.1, -0.05) is 0 Å². The highest BCUT2D eigenvalue weighted by molar-refractivity contribution is 5.92. The number of amides is 1. The van der Waals surface area contributed by atoms with Gasteiger partial charge in [0.1, 0.15) is 0 Å². The topological polar surface area (TPSA) is 104 Å². The highest BCUT2D eigenvalue weighted by Crippen LogP contribution is 2.13. The molecule has 0 aliphatic heterocycles. The minimum atomic E-state index is -1.46. The van der Waals surface area contributed by atoms with Gasteiger partial charge in [-0.05, 0) is 19.9 Å². The number of rotatable bonds is 6. The van der Waals surface area contributed by atoms with Gasteiger partial charge in [-0.2, -0.15) is 5.10 Å². The van der Waals surface area contributed by atoms with Crippen molar-refractivity contribution < 1.29 is 19.8 Å². The lowest BCUT2D eigenvalue weighted by Gasteiger charge is -2.05. The number of aliphatic carboxylic acids is 1. The van der Waals surface area contributed by atoms with E-state index in [1.165, 1.54) is 6.08 Å². The van der Waals surface area contributed by atoms with Crippen molar-refractivity contribution in [3.8, 4) is 0 Å². The molecule has 0 bridgehead atoms. The van der Waals surface area contributed by atoms with Gasteiger partial charge >= 0.3 is 5.97 Å². The zero-order valence-corrected chi connectivity index (χ0v) is 11.8. The molecule has 0 saturated heterocycles. The van der Waals surface area contributed by atoms with Gasteiger partial charge in [0, 0.05) is 37.3 Å². The highest BCUT2D eigenvalue weighted by Gasteiger charge is 2.12. The molecule has 0 aliphatic rings. The van der Waals surface area contributed by atoms with Crippen LogP contribution < -0.4 is 5.32 Å². The number of hydrogen-bond donors (Lipinski definition) is 3. The van der Waals surface area contributed by atoms with Gasteiger partial charge < -0.3 is 15.5 Å². The minimum absolute atomic E-state index is 0.0279. The molecule has 1 aromatic rings. The molecule has 0 radical (unpaired) electrons. The van der Waals surface area contributed by atoms with Crippen LogP contribution in [0.1, 0.15) is 23.4 Å². The summed E-state index contributed by atoms with van der Waals surface area (Å²) in [6.45, 7) is 3.86. The number of hydrogen-bond acceptors (Lipinski definition) is 4. The quantitative estimate of drug-likeness (QED) is 0.637. The van der Waals surface area contributed by atoms with Crippen molar-refractivity contribution in [2.45, 2.75) is 26.4 Å². The van der Waals surface area contributed by atoms with E-state index >= 15 is 0 Å². The second-order valence-electron chi connectivity index (χ2n) is 4.48. The fraction of sp³-hybridized carbons (Fsp3) is 0.462. The maximum absolute atomic E-state index is 11.5. The van der Waals surface area contributed by atoms with E-state index in [2.05, 4.69) is 10.4 Å². The molecule has 20 heavy (non-hydrogen) atoms. The predicted octanol–water partition coefficient (Wildman–Crippen LogP) is 0.00194. The predicted molar refractivity (Wildman–Crippen MR) is 73.0 cm³/mol. The zero-order chi connectivity index (χ0) is 15.3. The van der Waals surface area contributed by atoms with Crippen LogP contribution in [0.15, 0.2) is 6.08 Å². The highest BCUT2D eigenvalue weighted by atomic mass is 16.4. The van der Waals surface area contributed by atoms with Crippen LogP contribution in [-0.4, -0.2) is 44.5 Å². The first-order valence-electron chi connectivity index (χ1n) is 6.20. The van der Waals surface area contributed by atoms with Gasteiger partial charge in [-0.15, -0.1) is 0 Å². The summed E-state index contributed by atoms with van der Waals surface area (Å²) in [4.78, 5) is 21.9. The van der Waals surface area contributed by atoms with Crippen LogP contribution in [0.5, 0.6) is 0 Å². The maximum atomic E-state index is 11.5. The van der Waals surface area contributed by atoms with Gasteiger partial charge in [0.25, 0.3) is 0 Å². The lowest BCUT2D eigenvalue weighted by Crippen LogP contribution is -2.28. The first-order valence-corrected chi connectivity index (χ1v) is 6.20. The van der Waals surface area contributed by atoms with Crippen molar-refractivity contribution in [1.29, 1.82) is 0 Å². The molecule has 1 amide bonds. The summed E-state index contributed by atoms with van der Waals surface area (Å²) >= 11 is 0. The number of aliphatic hydroxyl groups excluding tert-OH is 1. The monoisotopic (exact) mass is 281 g/mol. The Morgan fingerprint density at radius 3 is 2.60 bits per heavy atom. The minimum Gasteiger partial charge on any atom is -0.479 e. The van der Waals surface area contributed by atoms with Crippen molar-refractivity contribution in [3.05, 3.63) is 23.0 Å². The van der Waals surface area contributed by atoms with Crippen molar-refractivity contribution in [1.82, 2.24) is 15.1 Å². The largest absolute Gasteiger partial charge is 0.479 e. The molecule has 110 valence electrons. The number of carbonyl (C=O) groups excluding carboxylic acids is 1. The summed E-state index contributed by atoms with van der Waals surface area (Å²) in [5.41, 5.74) is 2.66. The van der Waals surface area contributed by atoms with E-state index in [-0.39, 0.29) is 18.9 Å². The van der Waals surface area contributed by atoms with E-state index in [0.29, 0.717) is 0 Å². The van der Waals surface area contributed by atoms with Gasteiger partial charge in [-0.25, -0.2) is 4.79 Å². The molecule has 0 aliphatic carbocycles. The summed E-state index contributed by atoms with van der Waals surface area (Å²) in [5, 5.41) is 24.3. The lowest BCUT2D eigenvalue weighted by molar-refractivity contribution is -0.147. The molecule has 0 unspecified atom stereocenters. The molecule has 1 aromatic heterocycles. The van der Waals surface area contributed by atoms with Crippen molar-refractivity contribution in [2.75, 3.05) is 6.54 Å². The molecule has 0 spiro atoms. The van der Waals surface area contributed by atoms with Crippen LogP contribution in [0.2, 0.25) is 0 Å². The van der Waals surface area contributed by atoms with Crippen molar-refractivity contribution in [3.63, 3.8) is 0 Å². The summed E-state index contributed by atoms with van der Waals surface area (Å²) in [7, 11) is 1.83. The number of carboxylic acids is 1.